The zero-order valence-corrected chi connectivity index (χ0v) is 33.2. The first-order chi connectivity index (χ1) is 28.4. The standard InChI is InChI=1S/C42H52N8O9/c1-26-39(55)44-19-9-18-43-36(52)17-16-33(48-38(54)22-45-27(2)51)42(58)50-24-31(59-25-28-10-4-3-5-11-28)21-35(50)41(57)49-34(40(56)46-23-37(53)47-26)20-30-14-8-13-29-12-6-7-15-32(29)30/h3-8,10-15,26,31,33-35H,9,16-25H2,1-2H3,(H,43,52)(H,44,55)(H,45,51)(H,46,56)(H,47,53)(H,48,54)(H,49,57)/t26-,31?,33-,34+,35-/m0/s1. The van der Waals surface area contributed by atoms with Gasteiger partial charge < -0.3 is 46.9 Å². The number of fused-ring (bicyclic) bond motifs is 2. The van der Waals surface area contributed by atoms with Gasteiger partial charge in [0.25, 0.3) is 0 Å². The molecule has 2 saturated heterocycles. The molecule has 0 bridgehead atoms. The molecule has 5 atom stereocenters. The normalized spacial score (nSPS) is 22.9. The number of nitrogens with one attached hydrogen (secondary N) is 7. The summed E-state index contributed by atoms with van der Waals surface area (Å²) in [4.78, 5) is 107. The molecular formula is C42H52N8O9. The summed E-state index contributed by atoms with van der Waals surface area (Å²) >= 11 is 0. The number of nitrogens with zero attached hydrogens (tertiary/aromatic N) is 1. The summed E-state index contributed by atoms with van der Waals surface area (Å²) in [6, 6.07) is 17.9. The fourth-order valence-electron chi connectivity index (χ4n) is 6.97. The topological polar surface area (TPSA) is 233 Å². The highest BCUT2D eigenvalue weighted by molar-refractivity contribution is 5.97. The predicted octanol–water partition coefficient (Wildman–Crippen LogP) is -0.288. The van der Waals surface area contributed by atoms with Gasteiger partial charge in [0.05, 0.1) is 25.8 Å². The van der Waals surface area contributed by atoms with Gasteiger partial charge in [0, 0.05) is 45.8 Å². The maximum absolute atomic E-state index is 14.5. The lowest BCUT2D eigenvalue weighted by Crippen LogP contribution is -2.57. The van der Waals surface area contributed by atoms with Crippen LogP contribution in [0.4, 0.5) is 0 Å². The highest BCUT2D eigenvalue weighted by Gasteiger charge is 2.43. The van der Waals surface area contributed by atoms with Crippen LogP contribution in [0.15, 0.2) is 72.8 Å². The first-order valence-electron chi connectivity index (χ1n) is 19.8. The van der Waals surface area contributed by atoms with Gasteiger partial charge in [0.15, 0.2) is 0 Å². The molecule has 7 N–H and O–H groups in total. The minimum absolute atomic E-state index is 0.0187. The molecule has 0 aliphatic carbocycles. The third-order valence-corrected chi connectivity index (χ3v) is 10.1. The number of hydrogen-bond donors (Lipinski definition) is 7. The number of hydrogen-bond acceptors (Lipinski definition) is 9. The molecule has 2 aliphatic rings. The van der Waals surface area contributed by atoms with Crippen molar-refractivity contribution in [3.63, 3.8) is 0 Å². The number of benzene rings is 3. The molecule has 59 heavy (non-hydrogen) atoms. The molecule has 17 heteroatoms. The second-order valence-electron chi connectivity index (χ2n) is 14.6. The minimum Gasteiger partial charge on any atom is -0.372 e. The SMILES string of the molecule is CC(=O)NCC(=O)N[C@H]1CCC(=O)NCCCNC(=O)[C@H](C)NC(=O)CNC(=O)[C@@H](Cc2cccc3ccccc23)NC(=O)[C@@H]2CC(OCc3ccccc3)CN2C1=O. The largest absolute Gasteiger partial charge is 0.372 e. The fraction of sp³-hybridized carbons (Fsp3) is 0.429. The van der Waals surface area contributed by atoms with E-state index in [4.69, 9.17) is 4.74 Å². The zero-order valence-electron chi connectivity index (χ0n) is 33.2. The van der Waals surface area contributed by atoms with Gasteiger partial charge in [-0.05, 0) is 41.7 Å². The Hall–Kier alpha value is -6.36. The van der Waals surface area contributed by atoms with Crippen LogP contribution < -0.4 is 37.2 Å². The molecule has 17 nitrogen and oxygen atoms in total. The van der Waals surface area contributed by atoms with E-state index in [2.05, 4.69) is 37.2 Å². The molecular weight excluding hydrogens is 761 g/mol. The van der Waals surface area contributed by atoms with Crippen LogP contribution in [0.3, 0.4) is 0 Å². The van der Waals surface area contributed by atoms with Crippen molar-refractivity contribution < 1.29 is 43.1 Å². The molecule has 2 aliphatic heterocycles. The van der Waals surface area contributed by atoms with Crippen LogP contribution in [0.1, 0.15) is 50.7 Å². The van der Waals surface area contributed by atoms with Crippen LogP contribution in [0.2, 0.25) is 0 Å². The Morgan fingerprint density at radius 3 is 2.32 bits per heavy atom. The average Bonchev–Trinajstić information content (AvgIpc) is 3.66. The summed E-state index contributed by atoms with van der Waals surface area (Å²) in [6.07, 6.45) is -0.532. The Balaban J connectivity index is 1.46. The van der Waals surface area contributed by atoms with Gasteiger partial charge in [-0.15, -0.1) is 0 Å². The second kappa shape index (κ2) is 21.4. The van der Waals surface area contributed by atoms with Crippen molar-refractivity contribution in [2.24, 2.45) is 0 Å². The lowest BCUT2D eigenvalue weighted by atomic mass is 9.98. The van der Waals surface area contributed by atoms with Crippen LogP contribution in [0, 0.1) is 0 Å². The Bertz CT molecular complexity index is 2010. The molecule has 314 valence electrons. The van der Waals surface area contributed by atoms with Crippen LogP contribution in [-0.4, -0.2) is 115 Å². The summed E-state index contributed by atoms with van der Waals surface area (Å²) in [7, 11) is 0. The van der Waals surface area contributed by atoms with E-state index >= 15 is 0 Å². The van der Waals surface area contributed by atoms with Crippen LogP contribution in [0.5, 0.6) is 0 Å². The average molecular weight is 813 g/mol. The number of rotatable bonds is 8. The predicted molar refractivity (Wildman–Crippen MR) is 216 cm³/mol. The summed E-state index contributed by atoms with van der Waals surface area (Å²) in [5, 5.41) is 20.2. The van der Waals surface area contributed by atoms with E-state index in [9.17, 15) is 38.4 Å². The molecule has 1 unspecified atom stereocenters. The Kier molecular flexibility index (Phi) is 15.9. The van der Waals surface area contributed by atoms with Crippen molar-refractivity contribution >= 4 is 58.0 Å². The number of carbonyl (C=O) groups excluding carboxylic acids is 8. The maximum atomic E-state index is 14.5. The van der Waals surface area contributed by atoms with Gasteiger partial charge >= 0.3 is 0 Å². The molecule has 8 amide bonds. The Morgan fingerprint density at radius 2 is 1.54 bits per heavy atom. The summed E-state index contributed by atoms with van der Waals surface area (Å²) in [5.74, 6) is -4.69. The molecule has 2 heterocycles. The number of carbonyl (C=O) groups is 8. The third kappa shape index (κ3) is 13.1. The lowest BCUT2D eigenvalue weighted by molar-refractivity contribution is -0.142. The zero-order chi connectivity index (χ0) is 42.3. The van der Waals surface area contributed by atoms with E-state index in [1.54, 1.807) is 0 Å². The van der Waals surface area contributed by atoms with Gasteiger partial charge in [0.1, 0.15) is 24.2 Å². The van der Waals surface area contributed by atoms with Crippen LogP contribution in [-0.2, 0) is 56.1 Å². The van der Waals surface area contributed by atoms with Gasteiger partial charge in [0.2, 0.25) is 47.3 Å². The summed E-state index contributed by atoms with van der Waals surface area (Å²) in [5.41, 5.74) is 1.61. The van der Waals surface area contributed by atoms with E-state index in [0.29, 0.717) is 6.42 Å². The molecule has 3 aromatic rings. The van der Waals surface area contributed by atoms with Crippen LogP contribution in [0.25, 0.3) is 10.8 Å². The van der Waals surface area contributed by atoms with E-state index < -0.39 is 90.6 Å². The molecule has 0 aromatic heterocycles. The van der Waals surface area contributed by atoms with E-state index in [1.165, 1.54) is 18.7 Å². The van der Waals surface area contributed by atoms with Crippen LogP contribution >= 0.6 is 0 Å². The van der Waals surface area contributed by atoms with Crippen molar-refractivity contribution in [3.8, 4) is 0 Å². The highest BCUT2D eigenvalue weighted by atomic mass is 16.5. The smallest absolute Gasteiger partial charge is 0.245 e. The molecule has 2 fully saturated rings. The molecule has 5 rings (SSSR count). The second-order valence-corrected chi connectivity index (χ2v) is 14.6. The first kappa shape index (κ1) is 43.8. The summed E-state index contributed by atoms with van der Waals surface area (Å²) < 4.78 is 6.21. The van der Waals surface area contributed by atoms with Gasteiger partial charge in [-0.25, -0.2) is 0 Å². The first-order valence-corrected chi connectivity index (χ1v) is 19.8. The van der Waals surface area contributed by atoms with Gasteiger partial charge in [-0.2, -0.15) is 0 Å². The molecule has 3 aromatic carbocycles. The Labute approximate surface area is 342 Å². The molecule has 0 saturated carbocycles. The molecule has 0 radical (unpaired) electrons. The van der Waals surface area contributed by atoms with Crippen molar-refractivity contribution in [1.82, 2.24) is 42.1 Å². The van der Waals surface area contributed by atoms with Crippen molar-refractivity contribution in [1.29, 1.82) is 0 Å². The fourth-order valence-corrected chi connectivity index (χ4v) is 6.97. The monoisotopic (exact) mass is 812 g/mol. The summed E-state index contributed by atoms with van der Waals surface area (Å²) in [6.45, 7) is 2.34. The third-order valence-electron chi connectivity index (χ3n) is 10.1. The van der Waals surface area contributed by atoms with E-state index in [0.717, 1.165) is 21.9 Å². The van der Waals surface area contributed by atoms with Crippen molar-refractivity contribution in [2.45, 2.75) is 82.8 Å². The van der Waals surface area contributed by atoms with E-state index in [1.807, 2.05) is 72.8 Å². The maximum Gasteiger partial charge on any atom is 0.245 e. The van der Waals surface area contributed by atoms with Crippen molar-refractivity contribution in [3.05, 3.63) is 83.9 Å². The lowest BCUT2D eigenvalue weighted by Gasteiger charge is -2.30. The number of ether oxygens (including phenoxy) is 1. The van der Waals surface area contributed by atoms with Gasteiger partial charge in [-0.1, -0.05) is 72.8 Å². The van der Waals surface area contributed by atoms with E-state index in [-0.39, 0.29) is 51.9 Å². The minimum atomic E-state index is -1.28. The van der Waals surface area contributed by atoms with Gasteiger partial charge in [-0.3, -0.25) is 38.4 Å². The molecule has 0 spiro atoms. The highest BCUT2D eigenvalue weighted by Crippen LogP contribution is 2.25. The quantitative estimate of drug-likeness (QED) is 0.158. The Morgan fingerprint density at radius 1 is 0.814 bits per heavy atom. The number of amides is 8. The van der Waals surface area contributed by atoms with Crippen molar-refractivity contribution in [2.75, 3.05) is 32.7 Å².